The van der Waals surface area contributed by atoms with Gasteiger partial charge in [0.05, 0.1) is 16.5 Å². The molecule has 0 radical (unpaired) electrons. The van der Waals surface area contributed by atoms with Crippen molar-refractivity contribution in [3.05, 3.63) is 57.6 Å². The molecule has 4 nitrogen and oxygen atoms in total. The van der Waals surface area contributed by atoms with Crippen molar-refractivity contribution < 1.29 is 13.2 Å². The van der Waals surface area contributed by atoms with E-state index in [2.05, 4.69) is 38.9 Å². The molecule has 1 aliphatic rings. The van der Waals surface area contributed by atoms with Crippen LogP contribution in [0, 0.1) is 0 Å². The Kier molecular flexibility index (Phi) is 6.05. The van der Waals surface area contributed by atoms with Gasteiger partial charge in [-0.05, 0) is 82.9 Å². The number of halogens is 1. The van der Waals surface area contributed by atoms with Gasteiger partial charge in [0.25, 0.3) is 0 Å². The second kappa shape index (κ2) is 8.11. The fourth-order valence-electron chi connectivity index (χ4n) is 3.43. The predicted molar refractivity (Wildman–Crippen MR) is 107 cm³/mol. The number of ether oxygens (including phenoxy) is 1. The van der Waals surface area contributed by atoms with Gasteiger partial charge < -0.3 is 4.74 Å². The standard InChI is InChI=1S/C20H24BrNO3S/c1-3-19(16-9-8-14-6-4-5-7-15(14)12-16)22-26(23,24)17-10-11-20(25-2)18(21)13-17/h8-13,19,22H,3-7H2,1-2H3. The zero-order valence-corrected chi connectivity index (χ0v) is 17.5. The predicted octanol–water partition coefficient (Wildman–Crippen LogP) is 4.77. The van der Waals surface area contributed by atoms with Crippen molar-refractivity contribution in [1.82, 2.24) is 4.72 Å². The van der Waals surface area contributed by atoms with Gasteiger partial charge >= 0.3 is 0 Å². The molecule has 0 spiro atoms. The highest BCUT2D eigenvalue weighted by molar-refractivity contribution is 9.10. The van der Waals surface area contributed by atoms with E-state index in [4.69, 9.17) is 4.74 Å². The van der Waals surface area contributed by atoms with Gasteiger partial charge in [-0.2, -0.15) is 0 Å². The van der Waals surface area contributed by atoms with Gasteiger partial charge in [-0.1, -0.05) is 25.1 Å². The third kappa shape index (κ3) is 4.13. The Hall–Kier alpha value is -1.37. The molecule has 26 heavy (non-hydrogen) atoms. The smallest absolute Gasteiger partial charge is 0.241 e. The van der Waals surface area contributed by atoms with Crippen molar-refractivity contribution >= 4 is 26.0 Å². The Morgan fingerprint density at radius 1 is 1.12 bits per heavy atom. The lowest BCUT2D eigenvalue weighted by molar-refractivity contribution is 0.411. The zero-order chi connectivity index (χ0) is 18.7. The lowest BCUT2D eigenvalue weighted by Gasteiger charge is -2.22. The van der Waals surface area contributed by atoms with Gasteiger partial charge in [0.2, 0.25) is 10.0 Å². The maximum atomic E-state index is 12.8. The van der Waals surface area contributed by atoms with Crippen LogP contribution < -0.4 is 9.46 Å². The summed E-state index contributed by atoms with van der Waals surface area (Å²) in [4.78, 5) is 0.224. The molecule has 1 aliphatic carbocycles. The molecule has 3 rings (SSSR count). The first-order valence-corrected chi connectivity index (χ1v) is 11.2. The Bertz CT molecular complexity index is 896. The first kappa shape index (κ1) is 19.4. The minimum atomic E-state index is -3.62. The molecule has 0 heterocycles. The Morgan fingerprint density at radius 3 is 2.50 bits per heavy atom. The largest absolute Gasteiger partial charge is 0.496 e. The number of nitrogens with one attached hydrogen (secondary N) is 1. The summed E-state index contributed by atoms with van der Waals surface area (Å²) >= 11 is 3.35. The van der Waals surface area contributed by atoms with Crippen LogP contribution in [0.25, 0.3) is 0 Å². The lowest BCUT2D eigenvalue weighted by Crippen LogP contribution is -2.28. The Balaban J connectivity index is 1.86. The summed E-state index contributed by atoms with van der Waals surface area (Å²) in [5.74, 6) is 0.602. The summed E-state index contributed by atoms with van der Waals surface area (Å²) in [6.07, 6.45) is 5.34. The van der Waals surface area contributed by atoms with E-state index in [9.17, 15) is 8.42 Å². The van der Waals surface area contributed by atoms with Gasteiger partial charge in [-0.3, -0.25) is 0 Å². The fourth-order valence-corrected chi connectivity index (χ4v) is 5.45. The van der Waals surface area contributed by atoms with Crippen molar-refractivity contribution in [3.8, 4) is 5.75 Å². The zero-order valence-electron chi connectivity index (χ0n) is 15.1. The van der Waals surface area contributed by atoms with Crippen LogP contribution in [0.1, 0.15) is 48.9 Å². The second-order valence-electron chi connectivity index (χ2n) is 6.61. The van der Waals surface area contributed by atoms with Gasteiger partial charge in [0, 0.05) is 6.04 Å². The van der Waals surface area contributed by atoms with Gasteiger partial charge in [0.1, 0.15) is 5.75 Å². The van der Waals surface area contributed by atoms with Crippen molar-refractivity contribution in [3.63, 3.8) is 0 Å². The monoisotopic (exact) mass is 437 g/mol. The van der Waals surface area contributed by atoms with Gasteiger partial charge in [-0.15, -0.1) is 0 Å². The topological polar surface area (TPSA) is 55.4 Å². The van der Waals surface area contributed by atoms with E-state index in [0.29, 0.717) is 16.6 Å². The van der Waals surface area contributed by atoms with Crippen molar-refractivity contribution in [1.29, 1.82) is 0 Å². The quantitative estimate of drug-likeness (QED) is 0.707. The Labute approximate surface area is 164 Å². The molecule has 0 aliphatic heterocycles. The normalized spacial score (nSPS) is 15.3. The highest BCUT2D eigenvalue weighted by Gasteiger charge is 2.22. The molecule has 0 amide bonds. The maximum Gasteiger partial charge on any atom is 0.241 e. The maximum absolute atomic E-state index is 12.8. The number of aryl methyl sites for hydroxylation is 2. The molecule has 0 fully saturated rings. The molecular weight excluding hydrogens is 414 g/mol. The van der Waals surface area contributed by atoms with E-state index in [0.717, 1.165) is 18.4 Å². The number of fused-ring (bicyclic) bond motifs is 1. The van der Waals surface area contributed by atoms with Crippen molar-refractivity contribution in [2.45, 2.75) is 50.0 Å². The van der Waals surface area contributed by atoms with Crippen LogP contribution in [0.3, 0.4) is 0 Å². The summed E-state index contributed by atoms with van der Waals surface area (Å²) in [7, 11) is -2.07. The van der Waals surface area contributed by atoms with Crippen molar-refractivity contribution in [2.75, 3.05) is 7.11 Å². The number of sulfonamides is 1. The summed E-state index contributed by atoms with van der Waals surface area (Å²) < 4.78 is 34.3. The van der Waals surface area contributed by atoms with E-state index < -0.39 is 10.0 Å². The number of methoxy groups -OCH3 is 1. The third-order valence-corrected chi connectivity index (χ3v) is 7.00. The molecule has 0 aromatic heterocycles. The minimum Gasteiger partial charge on any atom is -0.496 e. The Morgan fingerprint density at radius 2 is 1.85 bits per heavy atom. The van der Waals surface area contributed by atoms with E-state index in [1.165, 1.54) is 24.0 Å². The molecule has 2 aromatic carbocycles. The molecule has 1 unspecified atom stereocenters. The molecule has 140 valence electrons. The number of benzene rings is 2. The molecule has 0 bridgehead atoms. The number of hydrogen-bond donors (Lipinski definition) is 1. The number of rotatable bonds is 6. The van der Waals surface area contributed by atoms with Crippen LogP contribution in [0.4, 0.5) is 0 Å². The van der Waals surface area contributed by atoms with E-state index in [1.54, 1.807) is 25.3 Å². The van der Waals surface area contributed by atoms with E-state index >= 15 is 0 Å². The summed E-state index contributed by atoms with van der Waals surface area (Å²) in [5.41, 5.74) is 3.79. The SMILES string of the molecule is CCC(NS(=O)(=O)c1ccc(OC)c(Br)c1)c1ccc2c(c1)CCCC2. The average Bonchev–Trinajstić information content (AvgIpc) is 2.65. The van der Waals surface area contributed by atoms with E-state index in [-0.39, 0.29) is 10.9 Å². The van der Waals surface area contributed by atoms with Crippen molar-refractivity contribution in [2.24, 2.45) is 0 Å². The van der Waals surface area contributed by atoms with Gasteiger partial charge in [0.15, 0.2) is 0 Å². The van der Waals surface area contributed by atoms with Gasteiger partial charge in [-0.25, -0.2) is 13.1 Å². The molecule has 6 heteroatoms. The molecule has 1 atom stereocenters. The van der Waals surface area contributed by atoms with Crippen LogP contribution in [0.5, 0.6) is 5.75 Å². The van der Waals surface area contributed by atoms with E-state index in [1.807, 2.05) is 6.92 Å². The molecular formula is C20H24BrNO3S. The highest BCUT2D eigenvalue weighted by Crippen LogP contribution is 2.30. The third-order valence-electron chi connectivity index (χ3n) is 4.91. The van der Waals surface area contributed by atoms with Crippen LogP contribution in [-0.2, 0) is 22.9 Å². The average molecular weight is 438 g/mol. The van der Waals surface area contributed by atoms with Crippen LogP contribution >= 0.6 is 15.9 Å². The van der Waals surface area contributed by atoms with Crippen LogP contribution in [-0.4, -0.2) is 15.5 Å². The first-order chi connectivity index (χ1) is 12.4. The molecule has 0 saturated carbocycles. The summed E-state index contributed by atoms with van der Waals surface area (Å²) in [6.45, 7) is 2.00. The molecule has 0 saturated heterocycles. The molecule has 1 N–H and O–H groups in total. The van der Waals surface area contributed by atoms with Crippen LogP contribution in [0.2, 0.25) is 0 Å². The number of hydrogen-bond acceptors (Lipinski definition) is 3. The second-order valence-corrected chi connectivity index (χ2v) is 9.18. The molecule has 2 aromatic rings. The fraction of sp³-hybridized carbons (Fsp3) is 0.400. The summed E-state index contributed by atoms with van der Waals surface area (Å²) in [5, 5.41) is 0. The lowest BCUT2D eigenvalue weighted by atomic mass is 9.89. The summed E-state index contributed by atoms with van der Waals surface area (Å²) in [6, 6.07) is 10.9. The minimum absolute atomic E-state index is 0.224. The first-order valence-electron chi connectivity index (χ1n) is 8.92. The van der Waals surface area contributed by atoms with Crippen LogP contribution in [0.15, 0.2) is 45.8 Å². The highest BCUT2D eigenvalue weighted by atomic mass is 79.9.